The predicted molar refractivity (Wildman–Crippen MR) is 84.8 cm³/mol. The molecule has 0 amide bonds. The Morgan fingerprint density at radius 1 is 1.00 bits per heavy atom. The Bertz CT molecular complexity index is 615. The lowest BCUT2D eigenvalue weighted by Gasteiger charge is -2.27. The van der Waals surface area contributed by atoms with Crippen molar-refractivity contribution in [3.05, 3.63) is 66.0 Å². The summed E-state index contributed by atoms with van der Waals surface area (Å²) in [5, 5.41) is -0.343. The monoisotopic (exact) mass is 305 g/mol. The van der Waals surface area contributed by atoms with Crippen molar-refractivity contribution in [3.8, 4) is 0 Å². The molecule has 0 heterocycles. The zero-order valence-corrected chi connectivity index (χ0v) is 13.0. The lowest BCUT2D eigenvalue weighted by molar-refractivity contribution is 0.506. The fourth-order valence-electron chi connectivity index (χ4n) is 2.41. The number of rotatable bonds is 5. The first-order valence-corrected chi connectivity index (χ1v) is 8.19. The standard InChI is InChI=1S/C17H20FNOS/c1-12(2)17(16(19)13-8-4-3-5-9-13)21(20)15-11-7-6-10-14(15)18/h3-12,16-17H,19H2,1-2H3. The molecule has 2 aromatic carbocycles. The molecule has 0 bridgehead atoms. The van der Waals surface area contributed by atoms with Gasteiger partial charge >= 0.3 is 0 Å². The summed E-state index contributed by atoms with van der Waals surface area (Å²) >= 11 is 0. The van der Waals surface area contributed by atoms with Gasteiger partial charge in [-0.2, -0.15) is 0 Å². The second kappa shape index (κ2) is 6.96. The first-order valence-electron chi connectivity index (χ1n) is 6.98. The van der Waals surface area contributed by atoms with Crippen LogP contribution in [0.1, 0.15) is 25.5 Å². The molecule has 4 heteroatoms. The van der Waals surface area contributed by atoms with Crippen LogP contribution in [0.5, 0.6) is 0 Å². The van der Waals surface area contributed by atoms with E-state index in [1.165, 1.54) is 6.07 Å². The first-order chi connectivity index (χ1) is 10.0. The van der Waals surface area contributed by atoms with Crippen LogP contribution < -0.4 is 5.73 Å². The molecule has 0 radical (unpaired) electrons. The summed E-state index contributed by atoms with van der Waals surface area (Å²) < 4.78 is 26.7. The molecule has 0 aliphatic heterocycles. The summed E-state index contributed by atoms with van der Waals surface area (Å²) in [6.45, 7) is 3.93. The highest BCUT2D eigenvalue weighted by Crippen LogP contribution is 2.28. The molecule has 0 aliphatic rings. The van der Waals surface area contributed by atoms with E-state index < -0.39 is 22.7 Å². The Morgan fingerprint density at radius 3 is 2.14 bits per heavy atom. The summed E-state index contributed by atoms with van der Waals surface area (Å²) in [5.41, 5.74) is 7.23. The van der Waals surface area contributed by atoms with Gasteiger partial charge in [0.15, 0.2) is 0 Å². The van der Waals surface area contributed by atoms with E-state index in [1.54, 1.807) is 18.2 Å². The van der Waals surface area contributed by atoms with Crippen molar-refractivity contribution in [1.29, 1.82) is 0 Å². The molecule has 112 valence electrons. The van der Waals surface area contributed by atoms with Gasteiger partial charge in [0.1, 0.15) is 5.82 Å². The van der Waals surface area contributed by atoms with Crippen molar-refractivity contribution in [2.45, 2.75) is 30.0 Å². The normalized spacial score (nSPS) is 15.7. The van der Waals surface area contributed by atoms with E-state index in [0.29, 0.717) is 0 Å². The van der Waals surface area contributed by atoms with Crippen LogP contribution >= 0.6 is 0 Å². The number of halogens is 1. The molecule has 2 nitrogen and oxygen atoms in total. The molecule has 0 saturated carbocycles. The Hall–Kier alpha value is -1.52. The van der Waals surface area contributed by atoms with Crippen molar-refractivity contribution < 1.29 is 8.60 Å². The molecule has 21 heavy (non-hydrogen) atoms. The summed E-state index contributed by atoms with van der Waals surface area (Å²) in [6, 6.07) is 15.3. The van der Waals surface area contributed by atoms with Gasteiger partial charge in [-0.3, -0.25) is 4.21 Å². The molecule has 3 atom stereocenters. The van der Waals surface area contributed by atoms with Crippen molar-refractivity contribution >= 4 is 10.8 Å². The van der Waals surface area contributed by atoms with E-state index in [2.05, 4.69) is 0 Å². The quantitative estimate of drug-likeness (QED) is 0.916. The van der Waals surface area contributed by atoms with Crippen molar-refractivity contribution in [2.24, 2.45) is 11.7 Å². The van der Waals surface area contributed by atoms with Crippen LogP contribution in [0.2, 0.25) is 0 Å². The highest BCUT2D eigenvalue weighted by atomic mass is 32.2. The van der Waals surface area contributed by atoms with Crippen molar-refractivity contribution in [3.63, 3.8) is 0 Å². The Morgan fingerprint density at radius 2 is 1.57 bits per heavy atom. The molecule has 0 aliphatic carbocycles. The third-order valence-corrected chi connectivity index (χ3v) is 5.59. The molecule has 0 saturated heterocycles. The third kappa shape index (κ3) is 3.57. The minimum atomic E-state index is -1.49. The zero-order chi connectivity index (χ0) is 15.4. The van der Waals surface area contributed by atoms with E-state index >= 15 is 0 Å². The fraction of sp³-hybridized carbons (Fsp3) is 0.294. The molecule has 0 aromatic heterocycles. The molecule has 2 N–H and O–H groups in total. The van der Waals surface area contributed by atoms with Crippen LogP contribution in [0.25, 0.3) is 0 Å². The maximum Gasteiger partial charge on any atom is 0.139 e. The first kappa shape index (κ1) is 15.9. The molecular formula is C17H20FNOS. The van der Waals surface area contributed by atoms with Crippen LogP contribution in [-0.2, 0) is 10.8 Å². The van der Waals surface area contributed by atoms with Gasteiger partial charge in [-0.1, -0.05) is 56.3 Å². The lowest BCUT2D eigenvalue weighted by Crippen LogP contribution is -2.35. The van der Waals surface area contributed by atoms with Gasteiger partial charge in [0.05, 0.1) is 20.9 Å². The maximum atomic E-state index is 13.9. The maximum absolute atomic E-state index is 13.9. The van der Waals surface area contributed by atoms with E-state index in [1.807, 2.05) is 44.2 Å². The Kier molecular flexibility index (Phi) is 5.26. The smallest absolute Gasteiger partial charge is 0.139 e. The largest absolute Gasteiger partial charge is 0.323 e. The molecule has 0 spiro atoms. The minimum absolute atomic E-state index is 0.0700. The zero-order valence-electron chi connectivity index (χ0n) is 12.2. The van der Waals surface area contributed by atoms with Crippen LogP contribution in [0.3, 0.4) is 0 Å². The van der Waals surface area contributed by atoms with Crippen molar-refractivity contribution in [2.75, 3.05) is 0 Å². The summed E-state index contributed by atoms with van der Waals surface area (Å²) in [5.74, 6) is -0.373. The molecule has 2 aromatic rings. The van der Waals surface area contributed by atoms with Crippen LogP contribution in [0.4, 0.5) is 4.39 Å². The fourth-order valence-corrected chi connectivity index (χ4v) is 4.10. The highest BCUT2D eigenvalue weighted by molar-refractivity contribution is 7.85. The van der Waals surface area contributed by atoms with Crippen molar-refractivity contribution in [1.82, 2.24) is 0 Å². The minimum Gasteiger partial charge on any atom is -0.323 e. The van der Waals surface area contributed by atoms with Crippen LogP contribution in [0.15, 0.2) is 59.5 Å². The van der Waals surface area contributed by atoms with Gasteiger partial charge in [0, 0.05) is 6.04 Å². The highest BCUT2D eigenvalue weighted by Gasteiger charge is 2.30. The number of hydrogen-bond acceptors (Lipinski definition) is 2. The van der Waals surface area contributed by atoms with Crippen LogP contribution in [-0.4, -0.2) is 9.46 Å². The number of nitrogens with two attached hydrogens (primary N) is 1. The van der Waals surface area contributed by atoms with E-state index in [0.717, 1.165) is 5.56 Å². The predicted octanol–water partition coefficient (Wildman–Crippen LogP) is 3.66. The second-order valence-electron chi connectivity index (χ2n) is 5.37. The summed E-state index contributed by atoms with van der Waals surface area (Å²) in [4.78, 5) is 0.225. The molecule has 0 fully saturated rings. The van der Waals surface area contributed by atoms with Gasteiger partial charge in [-0.15, -0.1) is 0 Å². The number of hydrogen-bond donors (Lipinski definition) is 1. The average Bonchev–Trinajstić information content (AvgIpc) is 2.48. The SMILES string of the molecule is CC(C)C(C(N)c1ccccc1)S(=O)c1ccccc1F. The van der Waals surface area contributed by atoms with E-state index in [-0.39, 0.29) is 16.1 Å². The lowest BCUT2D eigenvalue weighted by atomic mass is 9.97. The molecular weight excluding hydrogens is 285 g/mol. The van der Waals surface area contributed by atoms with Gasteiger partial charge in [-0.25, -0.2) is 4.39 Å². The molecule has 3 unspecified atom stereocenters. The second-order valence-corrected chi connectivity index (χ2v) is 6.95. The van der Waals surface area contributed by atoms with Gasteiger partial charge in [0.25, 0.3) is 0 Å². The van der Waals surface area contributed by atoms with Gasteiger partial charge < -0.3 is 5.73 Å². The Labute approximate surface area is 127 Å². The molecule has 2 rings (SSSR count). The summed E-state index contributed by atoms with van der Waals surface area (Å²) in [6.07, 6.45) is 0. The van der Waals surface area contributed by atoms with E-state index in [9.17, 15) is 8.60 Å². The third-order valence-electron chi connectivity index (χ3n) is 3.50. The van der Waals surface area contributed by atoms with Crippen LogP contribution in [0, 0.1) is 11.7 Å². The van der Waals surface area contributed by atoms with Gasteiger partial charge in [0.2, 0.25) is 0 Å². The Balaban J connectivity index is 2.36. The summed E-state index contributed by atoms with van der Waals surface area (Å²) in [7, 11) is -1.49. The average molecular weight is 305 g/mol. The topological polar surface area (TPSA) is 43.1 Å². The number of benzene rings is 2. The van der Waals surface area contributed by atoms with Gasteiger partial charge in [-0.05, 0) is 23.6 Å². The van der Waals surface area contributed by atoms with E-state index in [4.69, 9.17) is 5.73 Å².